The van der Waals surface area contributed by atoms with Gasteiger partial charge in [0.2, 0.25) is 0 Å². The first-order valence-electron chi connectivity index (χ1n) is 11.0. The van der Waals surface area contributed by atoms with E-state index in [0.717, 1.165) is 64.2 Å². The Labute approximate surface area is 211 Å². The van der Waals surface area contributed by atoms with Crippen LogP contribution in [0.1, 0.15) is 123 Å². The largest absolute Gasteiger partial charge is 1.00 e. The summed E-state index contributed by atoms with van der Waals surface area (Å²) in [5, 5.41) is 9.30. The van der Waals surface area contributed by atoms with Gasteiger partial charge in [0, 0.05) is 5.25 Å². The summed E-state index contributed by atoms with van der Waals surface area (Å²) in [4.78, 5) is 0. The predicted octanol–water partition coefficient (Wildman–Crippen LogP) is 2.94. The number of hydrogen-bond donors (Lipinski definition) is 1. The fraction of sp³-hybridized carbons (Fsp3) is 1.00. The van der Waals surface area contributed by atoms with Crippen LogP contribution < -0.4 is 51.4 Å². The maximum atomic E-state index is 11.2. The van der Waals surface area contributed by atoms with Crippen molar-refractivity contribution in [2.24, 2.45) is 0 Å². The van der Waals surface area contributed by atoms with Gasteiger partial charge in [-0.2, -0.15) is 0 Å². The maximum absolute atomic E-state index is 11.2. The SMILES string of the molecule is CCCCCCCCC(O)CCCCCCCCC(CCC)S(=O)(=O)[O-].[K+]. The summed E-state index contributed by atoms with van der Waals surface area (Å²) in [5.74, 6) is 0. The molecule has 0 fully saturated rings. The Hall–Kier alpha value is 1.51. The molecule has 0 aromatic heterocycles. The van der Waals surface area contributed by atoms with Crippen molar-refractivity contribution in [1.29, 1.82) is 0 Å². The second-order valence-electron chi connectivity index (χ2n) is 7.81. The third-order valence-electron chi connectivity index (χ3n) is 5.22. The van der Waals surface area contributed by atoms with Gasteiger partial charge in [-0.25, -0.2) is 8.42 Å². The molecule has 0 aromatic rings. The van der Waals surface area contributed by atoms with Crippen molar-refractivity contribution in [3.05, 3.63) is 0 Å². The quantitative estimate of drug-likeness (QED) is 0.194. The number of rotatable bonds is 19. The summed E-state index contributed by atoms with van der Waals surface area (Å²) in [7, 11) is -4.13. The van der Waals surface area contributed by atoms with Crippen LogP contribution in [0.2, 0.25) is 0 Å². The molecule has 27 heavy (non-hydrogen) atoms. The molecule has 2 unspecified atom stereocenters. The van der Waals surface area contributed by atoms with Crippen molar-refractivity contribution in [2.75, 3.05) is 0 Å². The number of hydrogen-bond acceptors (Lipinski definition) is 4. The summed E-state index contributed by atoms with van der Waals surface area (Å²) < 4.78 is 33.5. The van der Waals surface area contributed by atoms with E-state index in [9.17, 15) is 18.1 Å². The van der Waals surface area contributed by atoms with Crippen LogP contribution in [0.5, 0.6) is 0 Å². The van der Waals surface area contributed by atoms with Crippen LogP contribution in [0, 0.1) is 0 Å². The summed E-state index contributed by atoms with van der Waals surface area (Å²) in [6, 6.07) is 0. The summed E-state index contributed by atoms with van der Waals surface area (Å²) in [6.45, 7) is 4.14. The first kappa shape index (κ1) is 30.7. The number of unbranched alkanes of at least 4 members (excludes halogenated alkanes) is 10. The molecule has 0 rings (SSSR count). The fourth-order valence-corrected chi connectivity index (χ4v) is 4.50. The van der Waals surface area contributed by atoms with Crippen molar-refractivity contribution >= 4 is 10.1 Å². The van der Waals surface area contributed by atoms with E-state index in [1.165, 1.54) is 32.1 Å². The zero-order chi connectivity index (χ0) is 19.7. The smallest absolute Gasteiger partial charge is 0.748 e. The molecular weight excluding hydrogens is 387 g/mol. The van der Waals surface area contributed by atoms with Crippen LogP contribution in [-0.2, 0) is 10.1 Å². The molecule has 0 aliphatic carbocycles. The van der Waals surface area contributed by atoms with Gasteiger partial charge in [-0.1, -0.05) is 97.3 Å². The van der Waals surface area contributed by atoms with Gasteiger partial charge in [0.15, 0.2) is 0 Å². The van der Waals surface area contributed by atoms with E-state index >= 15 is 0 Å². The molecule has 0 spiro atoms. The third kappa shape index (κ3) is 20.6. The molecule has 0 aromatic carbocycles. The van der Waals surface area contributed by atoms with Crippen molar-refractivity contribution in [1.82, 2.24) is 0 Å². The Bertz CT molecular complexity index is 401. The van der Waals surface area contributed by atoms with Crippen LogP contribution in [0.25, 0.3) is 0 Å². The van der Waals surface area contributed by atoms with E-state index in [2.05, 4.69) is 6.92 Å². The van der Waals surface area contributed by atoms with Gasteiger partial charge in [-0.3, -0.25) is 0 Å². The Balaban J connectivity index is 0. The Morgan fingerprint density at radius 3 is 1.48 bits per heavy atom. The standard InChI is InChI=1S/C21H44O4S.K/c1-3-5-6-7-10-13-17-20(22)18-14-11-8-9-12-15-19-21(16-4-2)26(23,24)25;/h20-22H,3-19H2,1-2H3,(H,23,24,25);/q;+1/p-1. The molecule has 1 N–H and O–H groups in total. The maximum Gasteiger partial charge on any atom is 1.00 e. The van der Waals surface area contributed by atoms with Gasteiger partial charge in [-0.05, 0) is 25.7 Å². The normalized spacial score (nSPS) is 13.9. The predicted molar refractivity (Wildman–Crippen MR) is 109 cm³/mol. The van der Waals surface area contributed by atoms with Crippen LogP contribution in [0.4, 0.5) is 0 Å². The Kier molecular flexibility index (Phi) is 23.6. The first-order valence-corrected chi connectivity index (χ1v) is 12.5. The zero-order valence-electron chi connectivity index (χ0n) is 18.3. The Morgan fingerprint density at radius 1 is 0.667 bits per heavy atom. The molecule has 0 bridgehead atoms. The van der Waals surface area contributed by atoms with Gasteiger partial charge in [0.05, 0.1) is 16.2 Å². The molecule has 4 nitrogen and oxygen atoms in total. The van der Waals surface area contributed by atoms with E-state index in [1.54, 1.807) is 0 Å². The molecular formula is C21H43KO4S. The third-order valence-corrected chi connectivity index (χ3v) is 6.51. The van der Waals surface area contributed by atoms with Crippen molar-refractivity contribution < 1.29 is 69.5 Å². The first-order chi connectivity index (χ1) is 12.4. The van der Waals surface area contributed by atoms with Crippen molar-refractivity contribution in [2.45, 2.75) is 134 Å². The molecule has 0 saturated heterocycles. The van der Waals surface area contributed by atoms with E-state index < -0.39 is 15.4 Å². The van der Waals surface area contributed by atoms with Crippen LogP contribution in [0.3, 0.4) is 0 Å². The van der Waals surface area contributed by atoms with E-state index in [4.69, 9.17) is 0 Å². The van der Waals surface area contributed by atoms with Crippen LogP contribution in [0.15, 0.2) is 0 Å². The molecule has 0 aliphatic rings. The molecule has 0 saturated carbocycles. The molecule has 0 heterocycles. The van der Waals surface area contributed by atoms with Gasteiger partial charge < -0.3 is 9.66 Å². The minimum Gasteiger partial charge on any atom is -0.748 e. The minimum atomic E-state index is -4.13. The topological polar surface area (TPSA) is 77.4 Å². The van der Waals surface area contributed by atoms with Crippen molar-refractivity contribution in [3.8, 4) is 0 Å². The molecule has 0 aliphatic heterocycles. The summed E-state index contributed by atoms with van der Waals surface area (Å²) in [5.41, 5.74) is 0. The monoisotopic (exact) mass is 430 g/mol. The Morgan fingerprint density at radius 2 is 1.07 bits per heavy atom. The van der Waals surface area contributed by atoms with Crippen molar-refractivity contribution in [3.63, 3.8) is 0 Å². The van der Waals surface area contributed by atoms with Gasteiger partial charge in [0.1, 0.15) is 0 Å². The van der Waals surface area contributed by atoms with E-state index in [-0.39, 0.29) is 57.5 Å². The summed E-state index contributed by atoms with van der Waals surface area (Å²) >= 11 is 0. The molecule has 0 amide bonds. The number of aliphatic hydroxyl groups is 1. The van der Waals surface area contributed by atoms with E-state index in [1.807, 2.05) is 6.92 Å². The second kappa shape index (κ2) is 20.8. The molecule has 6 heteroatoms. The molecule has 0 radical (unpaired) electrons. The van der Waals surface area contributed by atoms with Gasteiger partial charge >= 0.3 is 51.4 Å². The molecule has 158 valence electrons. The zero-order valence-corrected chi connectivity index (χ0v) is 22.2. The van der Waals surface area contributed by atoms with Crippen LogP contribution in [-0.4, -0.2) is 29.4 Å². The van der Waals surface area contributed by atoms with E-state index in [0.29, 0.717) is 12.8 Å². The second-order valence-corrected chi connectivity index (χ2v) is 9.46. The van der Waals surface area contributed by atoms with Gasteiger partial charge in [-0.15, -0.1) is 0 Å². The molecule has 2 atom stereocenters. The summed E-state index contributed by atoms with van der Waals surface area (Å²) in [6.07, 6.45) is 17.3. The number of aliphatic hydroxyl groups excluding tert-OH is 1. The van der Waals surface area contributed by atoms with Gasteiger partial charge in [0.25, 0.3) is 0 Å². The average Bonchev–Trinajstić information content (AvgIpc) is 2.58. The average molecular weight is 431 g/mol. The van der Waals surface area contributed by atoms with Crippen LogP contribution >= 0.6 is 0 Å². The minimum absolute atomic E-state index is 0. The fourth-order valence-electron chi connectivity index (χ4n) is 3.52.